The second kappa shape index (κ2) is 8.91. The fourth-order valence-corrected chi connectivity index (χ4v) is 2.27. The van der Waals surface area contributed by atoms with Gasteiger partial charge >= 0.3 is 12.1 Å². The molecule has 0 aliphatic heterocycles. The van der Waals surface area contributed by atoms with Gasteiger partial charge in [-0.05, 0) is 42.3 Å². The number of carboxylic acid groups (broad SMARTS) is 1. The van der Waals surface area contributed by atoms with Crippen molar-refractivity contribution in [3.8, 4) is 16.9 Å². The summed E-state index contributed by atoms with van der Waals surface area (Å²) in [5, 5.41) is 19.9. The number of rotatable bonds is 3. The van der Waals surface area contributed by atoms with Gasteiger partial charge in [0.05, 0.1) is 0 Å². The minimum absolute atomic E-state index is 0.242. The zero-order chi connectivity index (χ0) is 21.6. The number of carboxylic acids is 1. The van der Waals surface area contributed by atoms with Crippen LogP contribution in [0, 0.1) is 6.92 Å². The number of hydrogen-bond donors (Lipinski definition) is 4. The van der Waals surface area contributed by atoms with Crippen molar-refractivity contribution in [2.24, 2.45) is 0 Å². The average Bonchev–Trinajstić information content (AvgIpc) is 2.61. The molecule has 3 rings (SSSR count). The number of phenols is 1. The van der Waals surface area contributed by atoms with Crippen LogP contribution < -0.4 is 11.1 Å². The van der Waals surface area contributed by atoms with E-state index in [1.807, 2.05) is 49.4 Å². The van der Waals surface area contributed by atoms with Crippen LogP contribution in [-0.2, 0) is 4.79 Å². The van der Waals surface area contributed by atoms with E-state index in [2.05, 4.69) is 15.3 Å². The van der Waals surface area contributed by atoms with Crippen LogP contribution in [-0.4, -0.2) is 32.3 Å². The Bertz CT molecular complexity index is 990. The van der Waals surface area contributed by atoms with Crippen LogP contribution in [0.3, 0.4) is 0 Å². The first kappa shape index (κ1) is 21.5. The van der Waals surface area contributed by atoms with Gasteiger partial charge in [-0.3, -0.25) is 0 Å². The molecule has 0 saturated heterocycles. The highest BCUT2D eigenvalue weighted by atomic mass is 19.4. The molecule has 0 unspecified atom stereocenters. The highest BCUT2D eigenvalue weighted by molar-refractivity contribution is 5.73. The van der Waals surface area contributed by atoms with Crippen LogP contribution in [0.5, 0.6) is 5.75 Å². The number of anilines is 3. The maximum atomic E-state index is 10.6. The average molecular weight is 406 g/mol. The molecule has 29 heavy (non-hydrogen) atoms. The third kappa shape index (κ3) is 6.69. The third-order valence-electron chi connectivity index (χ3n) is 3.43. The van der Waals surface area contributed by atoms with Crippen molar-refractivity contribution in [1.82, 2.24) is 9.97 Å². The van der Waals surface area contributed by atoms with Gasteiger partial charge in [0.15, 0.2) is 0 Å². The number of nitrogens with two attached hydrogens (primary N) is 1. The maximum absolute atomic E-state index is 10.6. The van der Waals surface area contributed by atoms with Crippen LogP contribution in [0.15, 0.2) is 54.6 Å². The van der Waals surface area contributed by atoms with Gasteiger partial charge in [-0.1, -0.05) is 24.3 Å². The first-order valence-electron chi connectivity index (χ1n) is 8.12. The van der Waals surface area contributed by atoms with Crippen molar-refractivity contribution in [1.29, 1.82) is 0 Å². The molecular formula is C19H17F3N4O3. The highest BCUT2D eigenvalue weighted by Gasteiger charge is 2.38. The predicted molar refractivity (Wildman–Crippen MR) is 102 cm³/mol. The molecule has 5 N–H and O–H groups in total. The molecule has 0 bridgehead atoms. The second-order valence-corrected chi connectivity index (χ2v) is 5.81. The van der Waals surface area contributed by atoms with E-state index in [0.29, 0.717) is 5.82 Å². The van der Waals surface area contributed by atoms with E-state index in [4.69, 9.17) is 15.6 Å². The number of alkyl halides is 3. The van der Waals surface area contributed by atoms with Gasteiger partial charge < -0.3 is 21.3 Å². The molecule has 152 valence electrons. The lowest BCUT2D eigenvalue weighted by Gasteiger charge is -2.09. The molecule has 0 amide bonds. The van der Waals surface area contributed by atoms with E-state index in [9.17, 15) is 18.3 Å². The van der Waals surface area contributed by atoms with E-state index >= 15 is 0 Å². The fraction of sp³-hybridized carbons (Fsp3) is 0.105. The molecule has 0 aliphatic carbocycles. The zero-order valence-electron chi connectivity index (χ0n) is 15.1. The van der Waals surface area contributed by atoms with Gasteiger partial charge in [-0.15, -0.1) is 0 Å². The molecule has 0 spiro atoms. The summed E-state index contributed by atoms with van der Waals surface area (Å²) in [6, 6.07) is 16.8. The summed E-state index contributed by atoms with van der Waals surface area (Å²) in [6.45, 7) is 1.87. The Balaban J connectivity index is 0.000000370. The number of nitrogens with zero attached hydrogens (tertiary/aromatic N) is 2. The van der Waals surface area contributed by atoms with E-state index in [1.54, 1.807) is 12.1 Å². The summed E-state index contributed by atoms with van der Waals surface area (Å²) in [5.41, 5.74) is 9.30. The van der Waals surface area contributed by atoms with Gasteiger partial charge in [0, 0.05) is 17.4 Å². The number of aromatic hydroxyl groups is 1. The Kier molecular flexibility index (Phi) is 6.60. The van der Waals surface area contributed by atoms with Crippen LogP contribution >= 0.6 is 0 Å². The molecule has 1 heterocycles. The summed E-state index contributed by atoms with van der Waals surface area (Å²) in [4.78, 5) is 17.1. The van der Waals surface area contributed by atoms with Crippen LogP contribution in [0.4, 0.5) is 30.6 Å². The lowest BCUT2D eigenvalue weighted by atomic mass is 10.0. The summed E-state index contributed by atoms with van der Waals surface area (Å²) >= 11 is 0. The number of carbonyl (C=O) groups is 1. The van der Waals surface area contributed by atoms with Crippen molar-refractivity contribution in [3.05, 3.63) is 60.3 Å². The third-order valence-corrected chi connectivity index (χ3v) is 3.43. The maximum Gasteiger partial charge on any atom is 0.490 e. The Morgan fingerprint density at radius 1 is 1.03 bits per heavy atom. The van der Waals surface area contributed by atoms with Crippen molar-refractivity contribution < 1.29 is 28.2 Å². The van der Waals surface area contributed by atoms with Gasteiger partial charge in [-0.25, -0.2) is 9.78 Å². The number of phenolic OH excluding ortho intramolecular Hbond substituents is 1. The first-order chi connectivity index (χ1) is 13.5. The van der Waals surface area contributed by atoms with Crippen molar-refractivity contribution >= 4 is 23.4 Å². The number of aryl methyl sites for hydroxylation is 1. The molecular weight excluding hydrogens is 389 g/mol. The van der Waals surface area contributed by atoms with E-state index in [-0.39, 0.29) is 11.7 Å². The number of aliphatic carboxylic acids is 1. The van der Waals surface area contributed by atoms with Gasteiger partial charge in [0.25, 0.3) is 0 Å². The smallest absolute Gasteiger partial charge is 0.490 e. The highest BCUT2D eigenvalue weighted by Crippen LogP contribution is 2.26. The van der Waals surface area contributed by atoms with Gasteiger partial charge in [-0.2, -0.15) is 18.2 Å². The van der Waals surface area contributed by atoms with Crippen molar-refractivity contribution in [2.45, 2.75) is 13.1 Å². The lowest BCUT2D eigenvalue weighted by Crippen LogP contribution is -2.21. The largest absolute Gasteiger partial charge is 0.508 e. The monoisotopic (exact) mass is 406 g/mol. The first-order valence-corrected chi connectivity index (χ1v) is 8.12. The molecule has 0 radical (unpaired) electrons. The van der Waals surface area contributed by atoms with E-state index in [0.717, 1.165) is 22.5 Å². The molecule has 0 atom stereocenters. The van der Waals surface area contributed by atoms with Crippen LogP contribution in [0.1, 0.15) is 5.69 Å². The summed E-state index contributed by atoms with van der Waals surface area (Å²) in [6.07, 6.45) is -5.08. The Hall–Kier alpha value is -3.82. The van der Waals surface area contributed by atoms with Crippen molar-refractivity contribution in [3.63, 3.8) is 0 Å². The van der Waals surface area contributed by atoms with E-state index in [1.165, 1.54) is 0 Å². The predicted octanol–water partition coefficient (Wildman–Crippen LogP) is 4.12. The van der Waals surface area contributed by atoms with E-state index < -0.39 is 12.1 Å². The molecule has 0 aliphatic rings. The number of nitrogen functional groups attached to an aromatic ring is 1. The molecule has 3 aromatic rings. The van der Waals surface area contributed by atoms with Crippen LogP contribution in [0.25, 0.3) is 11.1 Å². The fourth-order valence-electron chi connectivity index (χ4n) is 2.27. The number of aromatic nitrogens is 2. The summed E-state index contributed by atoms with van der Waals surface area (Å²) in [7, 11) is 0. The molecule has 0 fully saturated rings. The summed E-state index contributed by atoms with van der Waals surface area (Å²) < 4.78 is 31.7. The molecule has 0 saturated carbocycles. The molecule has 1 aromatic heterocycles. The Morgan fingerprint density at radius 2 is 1.62 bits per heavy atom. The van der Waals surface area contributed by atoms with Gasteiger partial charge in [0.2, 0.25) is 5.95 Å². The Labute approximate surface area is 163 Å². The normalized spacial score (nSPS) is 10.6. The number of benzene rings is 2. The van der Waals surface area contributed by atoms with Crippen LogP contribution in [0.2, 0.25) is 0 Å². The minimum atomic E-state index is -5.08. The number of hydrogen-bond acceptors (Lipinski definition) is 6. The topological polar surface area (TPSA) is 121 Å². The van der Waals surface area contributed by atoms with Crippen molar-refractivity contribution in [2.75, 3.05) is 11.1 Å². The molecule has 10 heteroatoms. The molecule has 2 aromatic carbocycles. The summed E-state index contributed by atoms with van der Waals surface area (Å²) in [5.74, 6) is -1.62. The number of nitrogens with one attached hydrogen (secondary N) is 1. The standard InChI is InChI=1S/C17H16N4O.C2HF3O2/c1-11-8-16(21-17(18)19-11)20-14-6-2-4-12(9-14)13-5-3-7-15(22)10-13;3-2(4,5)1(6)7/h2-10,22H,1H3,(H3,18,19,20,21);(H,6,7). The Morgan fingerprint density at radius 3 is 2.17 bits per heavy atom. The quantitative estimate of drug-likeness (QED) is 0.516. The lowest BCUT2D eigenvalue weighted by molar-refractivity contribution is -0.192. The number of halogens is 3. The second-order valence-electron chi connectivity index (χ2n) is 5.81. The SMILES string of the molecule is Cc1cc(Nc2cccc(-c3cccc(O)c3)c2)nc(N)n1.O=C(O)C(F)(F)F. The minimum Gasteiger partial charge on any atom is -0.508 e. The molecule has 7 nitrogen and oxygen atoms in total. The zero-order valence-corrected chi connectivity index (χ0v) is 15.1. The van der Waals surface area contributed by atoms with Gasteiger partial charge in [0.1, 0.15) is 11.6 Å².